The van der Waals surface area contributed by atoms with E-state index < -0.39 is 10.0 Å². The molecule has 0 unspecified atom stereocenters. The first-order valence-electron chi connectivity index (χ1n) is 8.74. The minimum absolute atomic E-state index is 0.230. The average Bonchev–Trinajstić information content (AvgIpc) is 2.61. The Hall–Kier alpha value is -2.05. The highest BCUT2D eigenvalue weighted by atomic mass is 35.5. The number of carbonyl (C=O) groups is 1. The van der Waals surface area contributed by atoms with Crippen molar-refractivity contribution in [3.8, 4) is 0 Å². The van der Waals surface area contributed by atoms with Crippen LogP contribution in [0.25, 0.3) is 0 Å². The van der Waals surface area contributed by atoms with Crippen LogP contribution in [0.15, 0.2) is 42.5 Å². The van der Waals surface area contributed by atoms with Gasteiger partial charge in [0.2, 0.25) is 15.9 Å². The molecule has 0 saturated carbocycles. The Morgan fingerprint density at radius 3 is 2.33 bits per heavy atom. The number of nitrogens with one attached hydrogen (secondary N) is 1. The van der Waals surface area contributed by atoms with Crippen molar-refractivity contribution in [3.63, 3.8) is 0 Å². The molecule has 0 aliphatic rings. The smallest absolute Gasteiger partial charge is 0.241 e. The molecule has 0 fully saturated rings. The summed E-state index contributed by atoms with van der Waals surface area (Å²) in [6.45, 7) is 5.47. The molecule has 0 aromatic heterocycles. The number of halogens is 1. The number of hydrogen-bond acceptors (Lipinski definition) is 3. The lowest BCUT2D eigenvalue weighted by atomic mass is 10.1. The molecule has 7 heteroatoms. The molecule has 5 nitrogen and oxygen atoms in total. The maximum absolute atomic E-state index is 12.5. The first-order valence-corrected chi connectivity index (χ1v) is 11.0. The van der Waals surface area contributed by atoms with Crippen molar-refractivity contribution in [2.45, 2.75) is 33.2 Å². The van der Waals surface area contributed by atoms with E-state index in [0.717, 1.165) is 28.1 Å². The van der Waals surface area contributed by atoms with Crippen LogP contribution in [-0.2, 0) is 21.2 Å². The highest BCUT2D eigenvalue weighted by Gasteiger charge is 2.22. The summed E-state index contributed by atoms with van der Waals surface area (Å²) in [6.07, 6.45) is 2.02. The molecule has 0 saturated heterocycles. The van der Waals surface area contributed by atoms with Crippen LogP contribution in [0, 0.1) is 6.92 Å². The maximum atomic E-state index is 12.5. The van der Waals surface area contributed by atoms with Gasteiger partial charge in [0.15, 0.2) is 0 Å². The highest BCUT2D eigenvalue weighted by Crippen LogP contribution is 2.25. The topological polar surface area (TPSA) is 66.5 Å². The van der Waals surface area contributed by atoms with Crippen LogP contribution in [0.5, 0.6) is 0 Å². The van der Waals surface area contributed by atoms with Gasteiger partial charge in [-0.1, -0.05) is 48.9 Å². The van der Waals surface area contributed by atoms with E-state index >= 15 is 0 Å². The van der Waals surface area contributed by atoms with Gasteiger partial charge in [0.25, 0.3) is 0 Å². The molecule has 0 aliphatic carbocycles. The van der Waals surface area contributed by atoms with E-state index in [1.54, 1.807) is 18.2 Å². The molecule has 1 N–H and O–H groups in total. The fourth-order valence-electron chi connectivity index (χ4n) is 2.68. The van der Waals surface area contributed by atoms with Gasteiger partial charge in [0, 0.05) is 5.02 Å². The molecule has 0 bridgehead atoms. The highest BCUT2D eigenvalue weighted by molar-refractivity contribution is 7.92. The first kappa shape index (κ1) is 21.3. The van der Waals surface area contributed by atoms with Gasteiger partial charge in [0.1, 0.15) is 6.54 Å². The number of nitrogens with zero attached hydrogens (tertiary/aromatic N) is 1. The summed E-state index contributed by atoms with van der Waals surface area (Å²) in [4.78, 5) is 12.5. The van der Waals surface area contributed by atoms with E-state index in [-0.39, 0.29) is 18.5 Å². The minimum Gasteiger partial charge on any atom is -0.348 e. The second kappa shape index (κ2) is 8.76. The molecule has 0 aliphatic heterocycles. The predicted octanol–water partition coefficient (Wildman–Crippen LogP) is 3.85. The molecule has 0 heterocycles. The number of aryl methyl sites for hydroxylation is 2. The fourth-order valence-corrected chi connectivity index (χ4v) is 3.70. The number of amides is 1. The normalized spacial score (nSPS) is 12.5. The van der Waals surface area contributed by atoms with Gasteiger partial charge in [-0.3, -0.25) is 9.10 Å². The Balaban J connectivity index is 2.14. The second-order valence-corrected chi connectivity index (χ2v) is 8.90. The van der Waals surface area contributed by atoms with Gasteiger partial charge < -0.3 is 5.32 Å². The number of carbonyl (C=O) groups excluding carboxylic acids is 1. The molecular formula is C20H25ClN2O3S. The summed E-state index contributed by atoms with van der Waals surface area (Å²) >= 11 is 6.11. The van der Waals surface area contributed by atoms with Gasteiger partial charge in [-0.25, -0.2) is 8.42 Å². The number of sulfonamides is 1. The predicted molar refractivity (Wildman–Crippen MR) is 111 cm³/mol. The first-order chi connectivity index (χ1) is 12.6. The van der Waals surface area contributed by atoms with Crippen molar-refractivity contribution in [1.29, 1.82) is 0 Å². The van der Waals surface area contributed by atoms with E-state index in [0.29, 0.717) is 10.7 Å². The molecular weight excluding hydrogens is 384 g/mol. The molecule has 2 aromatic rings. The van der Waals surface area contributed by atoms with E-state index in [1.165, 1.54) is 5.56 Å². The van der Waals surface area contributed by atoms with Crippen LogP contribution in [0.4, 0.5) is 5.69 Å². The zero-order valence-electron chi connectivity index (χ0n) is 16.0. The molecule has 146 valence electrons. The third-order valence-corrected chi connectivity index (χ3v) is 5.94. The summed E-state index contributed by atoms with van der Waals surface area (Å²) in [5.74, 6) is -0.385. The van der Waals surface area contributed by atoms with Crippen molar-refractivity contribution < 1.29 is 13.2 Å². The number of benzene rings is 2. The van der Waals surface area contributed by atoms with Crippen LogP contribution in [0.2, 0.25) is 5.02 Å². The Kier molecular flexibility index (Phi) is 6.89. The Bertz CT molecular complexity index is 911. The maximum Gasteiger partial charge on any atom is 0.241 e. The molecule has 2 rings (SSSR count). The van der Waals surface area contributed by atoms with Crippen molar-refractivity contribution in [2.24, 2.45) is 0 Å². The van der Waals surface area contributed by atoms with E-state index in [1.807, 2.05) is 38.1 Å². The average molecular weight is 409 g/mol. The monoisotopic (exact) mass is 408 g/mol. The number of rotatable bonds is 7. The molecule has 2 aromatic carbocycles. The van der Waals surface area contributed by atoms with Gasteiger partial charge in [0.05, 0.1) is 18.0 Å². The van der Waals surface area contributed by atoms with Crippen LogP contribution in [-0.4, -0.2) is 27.1 Å². The lowest BCUT2D eigenvalue weighted by Crippen LogP contribution is -2.41. The quantitative estimate of drug-likeness (QED) is 0.756. The van der Waals surface area contributed by atoms with Crippen molar-refractivity contribution in [3.05, 3.63) is 64.2 Å². The Morgan fingerprint density at radius 1 is 1.19 bits per heavy atom. The Morgan fingerprint density at radius 2 is 1.81 bits per heavy atom. The number of anilines is 1. The van der Waals surface area contributed by atoms with Crippen molar-refractivity contribution in [1.82, 2.24) is 5.32 Å². The summed E-state index contributed by atoms with van der Waals surface area (Å²) in [5.41, 5.74) is 3.38. The van der Waals surface area contributed by atoms with Gasteiger partial charge >= 0.3 is 0 Å². The number of hydrogen-bond donors (Lipinski definition) is 1. The molecule has 1 amide bonds. The zero-order valence-corrected chi connectivity index (χ0v) is 17.6. The van der Waals surface area contributed by atoms with E-state index in [4.69, 9.17) is 11.6 Å². The lowest BCUT2D eigenvalue weighted by Gasteiger charge is -2.23. The largest absolute Gasteiger partial charge is 0.348 e. The molecule has 1 atom stereocenters. The van der Waals surface area contributed by atoms with Crippen LogP contribution in [0.1, 0.15) is 36.6 Å². The summed E-state index contributed by atoms with van der Waals surface area (Å²) in [6, 6.07) is 12.7. The summed E-state index contributed by atoms with van der Waals surface area (Å²) < 4.78 is 25.4. The van der Waals surface area contributed by atoms with Crippen LogP contribution in [0.3, 0.4) is 0 Å². The molecule has 0 spiro atoms. The SMILES string of the molecule is CCc1ccc([C@H](C)NC(=O)CN(c2ccc(C)c(Cl)c2)S(C)(=O)=O)cc1. The fraction of sp³-hybridized carbons (Fsp3) is 0.350. The Labute approximate surface area is 166 Å². The van der Waals surface area contributed by atoms with Gasteiger partial charge in [-0.05, 0) is 49.1 Å². The lowest BCUT2D eigenvalue weighted by molar-refractivity contribution is -0.120. The van der Waals surface area contributed by atoms with E-state index in [9.17, 15) is 13.2 Å². The second-order valence-electron chi connectivity index (χ2n) is 6.59. The molecule has 0 radical (unpaired) electrons. The van der Waals surface area contributed by atoms with Crippen molar-refractivity contribution >= 4 is 33.2 Å². The standard InChI is InChI=1S/C20H25ClN2O3S/c1-5-16-7-9-17(10-8-16)15(3)22-20(24)13-23(27(4,25)26)18-11-6-14(2)19(21)12-18/h6-12,15H,5,13H2,1-4H3,(H,22,24)/t15-/m0/s1. The van der Waals surface area contributed by atoms with Crippen molar-refractivity contribution in [2.75, 3.05) is 17.1 Å². The van der Waals surface area contributed by atoms with Crippen LogP contribution < -0.4 is 9.62 Å². The summed E-state index contributed by atoms with van der Waals surface area (Å²) in [7, 11) is -3.64. The van der Waals surface area contributed by atoms with Gasteiger partial charge in [-0.2, -0.15) is 0 Å². The van der Waals surface area contributed by atoms with E-state index in [2.05, 4.69) is 12.2 Å². The minimum atomic E-state index is -3.64. The van der Waals surface area contributed by atoms with Crippen LogP contribution >= 0.6 is 11.6 Å². The third kappa shape index (κ3) is 5.71. The third-order valence-electron chi connectivity index (χ3n) is 4.40. The summed E-state index contributed by atoms with van der Waals surface area (Å²) in [5, 5.41) is 3.30. The van der Waals surface area contributed by atoms with Gasteiger partial charge in [-0.15, -0.1) is 0 Å². The molecule has 27 heavy (non-hydrogen) atoms. The zero-order chi connectivity index (χ0) is 20.2.